The molecular weight excluding hydrogens is 372 g/mol. The first-order valence-electron chi connectivity index (χ1n) is 10.1. The predicted molar refractivity (Wildman–Crippen MR) is 112 cm³/mol. The number of hydrogen-bond acceptors (Lipinski definition) is 3. The molecule has 1 atom stereocenters. The third kappa shape index (κ3) is 4.75. The van der Waals surface area contributed by atoms with Crippen LogP contribution in [0.25, 0.3) is 0 Å². The first kappa shape index (κ1) is 19.4. The molecule has 2 aromatic rings. The zero-order valence-corrected chi connectivity index (χ0v) is 16.8. The third-order valence-corrected chi connectivity index (χ3v) is 6.17. The van der Waals surface area contributed by atoms with E-state index in [1.807, 2.05) is 0 Å². The normalized spacial score (nSPS) is 21.7. The molecule has 1 amide bonds. The van der Waals surface area contributed by atoms with Crippen molar-refractivity contribution >= 4 is 17.5 Å². The summed E-state index contributed by atoms with van der Waals surface area (Å²) in [6, 6.07) is 17.7. The fraction of sp³-hybridized carbons (Fsp3) is 0.435. The molecule has 1 spiro atoms. The van der Waals surface area contributed by atoms with E-state index < -0.39 is 0 Å². The maximum atomic E-state index is 12.3. The Morgan fingerprint density at radius 3 is 2.64 bits per heavy atom. The smallest absolute Gasteiger partial charge is 0.251 e. The molecule has 0 bridgehead atoms. The number of amides is 1. The number of likely N-dealkylation sites (tertiary alicyclic amines) is 1. The molecule has 0 radical (unpaired) electrons. The molecule has 148 valence electrons. The summed E-state index contributed by atoms with van der Waals surface area (Å²) in [4.78, 5) is 14.8. The van der Waals surface area contributed by atoms with Crippen LogP contribution in [-0.2, 0) is 11.3 Å². The molecule has 2 aliphatic heterocycles. The van der Waals surface area contributed by atoms with Crippen LogP contribution in [-0.4, -0.2) is 42.1 Å². The second-order valence-corrected chi connectivity index (χ2v) is 8.38. The molecular formula is C23H27ClN2O2. The number of rotatable bonds is 5. The van der Waals surface area contributed by atoms with E-state index >= 15 is 0 Å². The molecule has 0 unspecified atom stereocenters. The maximum absolute atomic E-state index is 12.3. The number of nitrogens with zero attached hydrogens (tertiary/aromatic N) is 1. The summed E-state index contributed by atoms with van der Waals surface area (Å²) in [7, 11) is 0. The van der Waals surface area contributed by atoms with Gasteiger partial charge in [-0.1, -0.05) is 48.0 Å². The highest BCUT2D eigenvalue weighted by molar-refractivity contribution is 6.30. The van der Waals surface area contributed by atoms with E-state index in [0.29, 0.717) is 17.1 Å². The van der Waals surface area contributed by atoms with Crippen molar-refractivity contribution in [3.63, 3.8) is 0 Å². The van der Waals surface area contributed by atoms with Gasteiger partial charge in [-0.05, 0) is 49.4 Å². The maximum Gasteiger partial charge on any atom is 0.251 e. The average Bonchev–Trinajstić information content (AvgIpc) is 3.11. The summed E-state index contributed by atoms with van der Waals surface area (Å²) < 4.78 is 6.43. The number of ether oxygens (including phenoxy) is 1. The van der Waals surface area contributed by atoms with Gasteiger partial charge in [-0.25, -0.2) is 0 Å². The molecule has 0 aromatic heterocycles. The van der Waals surface area contributed by atoms with Gasteiger partial charge in [-0.3, -0.25) is 9.69 Å². The Kier molecular flexibility index (Phi) is 6.00. The van der Waals surface area contributed by atoms with Gasteiger partial charge < -0.3 is 10.1 Å². The molecule has 2 aromatic carbocycles. The highest BCUT2D eigenvalue weighted by Crippen LogP contribution is 2.39. The van der Waals surface area contributed by atoms with Gasteiger partial charge in [0.2, 0.25) is 0 Å². The van der Waals surface area contributed by atoms with E-state index in [2.05, 4.69) is 40.5 Å². The molecule has 2 aliphatic rings. The standard InChI is InChI=1S/C23H27ClN2O2/c24-20-8-4-7-19(15-20)22(27)25-16-21-9-10-23(28-21)11-13-26(14-12-23)17-18-5-2-1-3-6-18/h1-8,15,21H,9-14,16-17H2,(H,25,27)/t21-/m0/s1. The Morgan fingerprint density at radius 2 is 1.89 bits per heavy atom. The summed E-state index contributed by atoms with van der Waals surface area (Å²) in [5.41, 5.74) is 1.96. The van der Waals surface area contributed by atoms with Crippen LogP contribution in [0.3, 0.4) is 0 Å². The molecule has 4 nitrogen and oxygen atoms in total. The van der Waals surface area contributed by atoms with Gasteiger partial charge in [0, 0.05) is 36.8 Å². The number of carbonyl (C=O) groups excluding carboxylic acids is 1. The highest BCUT2D eigenvalue weighted by atomic mass is 35.5. The van der Waals surface area contributed by atoms with Gasteiger partial charge >= 0.3 is 0 Å². The number of nitrogens with one attached hydrogen (secondary N) is 1. The number of piperidine rings is 1. The minimum Gasteiger partial charge on any atom is -0.370 e. The summed E-state index contributed by atoms with van der Waals surface area (Å²) in [5.74, 6) is -0.0928. The van der Waals surface area contributed by atoms with E-state index in [1.54, 1.807) is 24.3 Å². The number of hydrogen-bond donors (Lipinski definition) is 1. The van der Waals surface area contributed by atoms with Gasteiger partial charge in [0.1, 0.15) is 0 Å². The number of halogens is 1. The van der Waals surface area contributed by atoms with E-state index in [0.717, 1.165) is 45.3 Å². The molecule has 4 rings (SSSR count). The predicted octanol–water partition coefficient (Wildman–Crippen LogP) is 4.28. The van der Waals surface area contributed by atoms with Crippen LogP contribution in [0.1, 0.15) is 41.6 Å². The third-order valence-electron chi connectivity index (χ3n) is 5.93. The Hall–Kier alpha value is -1.88. The second-order valence-electron chi connectivity index (χ2n) is 7.94. The van der Waals surface area contributed by atoms with E-state index in [-0.39, 0.29) is 17.6 Å². The second kappa shape index (κ2) is 8.64. The lowest BCUT2D eigenvalue weighted by atomic mass is 9.88. The Labute approximate surface area is 171 Å². The van der Waals surface area contributed by atoms with Crippen molar-refractivity contribution in [2.75, 3.05) is 19.6 Å². The van der Waals surface area contributed by atoms with Crippen molar-refractivity contribution in [1.82, 2.24) is 10.2 Å². The summed E-state index contributed by atoms with van der Waals surface area (Å²) in [6.07, 6.45) is 4.33. The molecule has 0 aliphatic carbocycles. The van der Waals surface area contributed by atoms with Gasteiger partial charge in [0.25, 0.3) is 5.91 Å². The number of carbonyl (C=O) groups is 1. The van der Waals surface area contributed by atoms with Crippen LogP contribution in [0, 0.1) is 0 Å². The van der Waals surface area contributed by atoms with Crippen LogP contribution in [0.2, 0.25) is 5.02 Å². The van der Waals surface area contributed by atoms with Crippen LogP contribution in [0.15, 0.2) is 54.6 Å². The topological polar surface area (TPSA) is 41.6 Å². The van der Waals surface area contributed by atoms with Gasteiger partial charge in [-0.2, -0.15) is 0 Å². The molecule has 2 saturated heterocycles. The van der Waals surface area contributed by atoms with Gasteiger partial charge in [0.05, 0.1) is 11.7 Å². The lowest BCUT2D eigenvalue weighted by Crippen LogP contribution is -2.44. The Bertz CT molecular complexity index is 803. The molecule has 0 saturated carbocycles. The Morgan fingerprint density at radius 1 is 1.11 bits per heavy atom. The Balaban J connectivity index is 1.24. The van der Waals surface area contributed by atoms with Crippen molar-refractivity contribution in [1.29, 1.82) is 0 Å². The molecule has 2 heterocycles. The zero-order chi connectivity index (χ0) is 19.4. The summed E-state index contributed by atoms with van der Waals surface area (Å²) >= 11 is 5.97. The lowest BCUT2D eigenvalue weighted by Gasteiger charge is -2.39. The molecule has 1 N–H and O–H groups in total. The highest BCUT2D eigenvalue weighted by Gasteiger charge is 2.42. The van der Waals surface area contributed by atoms with Crippen LogP contribution in [0.4, 0.5) is 0 Å². The zero-order valence-electron chi connectivity index (χ0n) is 16.1. The lowest BCUT2D eigenvalue weighted by molar-refractivity contribution is -0.0764. The van der Waals surface area contributed by atoms with Gasteiger partial charge in [-0.15, -0.1) is 0 Å². The first-order valence-corrected chi connectivity index (χ1v) is 10.5. The summed E-state index contributed by atoms with van der Waals surface area (Å²) in [6.45, 7) is 3.70. The molecule has 2 fully saturated rings. The van der Waals surface area contributed by atoms with Crippen LogP contribution >= 0.6 is 11.6 Å². The fourth-order valence-corrected chi connectivity index (χ4v) is 4.50. The van der Waals surface area contributed by atoms with Crippen molar-refractivity contribution < 1.29 is 9.53 Å². The van der Waals surface area contributed by atoms with E-state index in [4.69, 9.17) is 16.3 Å². The van der Waals surface area contributed by atoms with Crippen LogP contribution < -0.4 is 5.32 Å². The van der Waals surface area contributed by atoms with Gasteiger partial charge in [0.15, 0.2) is 0 Å². The summed E-state index contributed by atoms with van der Waals surface area (Å²) in [5, 5.41) is 3.57. The van der Waals surface area contributed by atoms with E-state index in [1.165, 1.54) is 5.56 Å². The monoisotopic (exact) mass is 398 g/mol. The number of benzene rings is 2. The quantitative estimate of drug-likeness (QED) is 0.817. The van der Waals surface area contributed by atoms with Crippen molar-refractivity contribution in [3.8, 4) is 0 Å². The fourth-order valence-electron chi connectivity index (χ4n) is 4.31. The molecule has 5 heteroatoms. The first-order chi connectivity index (χ1) is 13.6. The van der Waals surface area contributed by atoms with Crippen molar-refractivity contribution in [2.24, 2.45) is 0 Å². The largest absolute Gasteiger partial charge is 0.370 e. The van der Waals surface area contributed by atoms with Crippen LogP contribution in [0.5, 0.6) is 0 Å². The molecule has 28 heavy (non-hydrogen) atoms. The van der Waals surface area contributed by atoms with Crippen molar-refractivity contribution in [3.05, 3.63) is 70.7 Å². The van der Waals surface area contributed by atoms with E-state index in [9.17, 15) is 4.79 Å². The minimum atomic E-state index is -0.0928. The average molecular weight is 399 g/mol. The van der Waals surface area contributed by atoms with Crippen molar-refractivity contribution in [2.45, 2.75) is 43.9 Å². The SMILES string of the molecule is O=C(NC[C@@H]1CCC2(CCN(Cc3ccccc3)CC2)O1)c1cccc(Cl)c1. The minimum absolute atomic E-state index is 0.00135.